The van der Waals surface area contributed by atoms with Gasteiger partial charge in [0, 0.05) is 31.5 Å². The Hall–Kier alpha value is -1.23. The number of aryl methyl sites for hydroxylation is 1. The van der Waals surface area contributed by atoms with Crippen molar-refractivity contribution in [3.63, 3.8) is 0 Å². The predicted octanol–water partition coefficient (Wildman–Crippen LogP) is 1.66. The summed E-state index contributed by atoms with van der Waals surface area (Å²) >= 11 is 0. The van der Waals surface area contributed by atoms with Crippen LogP contribution in [0.4, 0.5) is 11.4 Å². The molecule has 2 rings (SSSR count). The molecule has 1 saturated heterocycles. The second-order valence-corrected chi connectivity index (χ2v) is 7.37. The van der Waals surface area contributed by atoms with E-state index in [0.717, 1.165) is 16.9 Å². The largest absolute Gasteiger partial charge is 0.381 e. The van der Waals surface area contributed by atoms with Gasteiger partial charge in [0.1, 0.15) is 0 Å². The minimum Gasteiger partial charge on any atom is -0.381 e. The monoisotopic (exact) mass is 268 g/mol. The molecule has 1 heterocycles. The third-order valence-corrected chi connectivity index (χ3v) is 5.09. The SMILES string of the molecule is Cc1cc(N(C)C)ccc1NC1CCS(=O)(=O)C1. The van der Waals surface area contributed by atoms with Gasteiger partial charge in [0.05, 0.1) is 11.5 Å². The Labute approximate surface area is 109 Å². The maximum atomic E-state index is 11.4. The van der Waals surface area contributed by atoms with Gasteiger partial charge in [-0.05, 0) is 37.1 Å². The summed E-state index contributed by atoms with van der Waals surface area (Å²) in [5.74, 6) is 0.557. The van der Waals surface area contributed by atoms with Crippen molar-refractivity contribution in [1.82, 2.24) is 0 Å². The molecule has 1 unspecified atom stereocenters. The van der Waals surface area contributed by atoms with E-state index in [-0.39, 0.29) is 11.8 Å². The molecule has 1 N–H and O–H groups in total. The van der Waals surface area contributed by atoms with Crippen molar-refractivity contribution in [2.75, 3.05) is 35.8 Å². The van der Waals surface area contributed by atoms with E-state index >= 15 is 0 Å². The summed E-state index contributed by atoms with van der Waals surface area (Å²) in [7, 11) is 1.19. The second kappa shape index (κ2) is 4.80. The van der Waals surface area contributed by atoms with Crippen molar-refractivity contribution < 1.29 is 8.42 Å². The van der Waals surface area contributed by atoms with Crippen LogP contribution < -0.4 is 10.2 Å². The number of nitrogens with one attached hydrogen (secondary N) is 1. The van der Waals surface area contributed by atoms with Crippen LogP contribution in [0.3, 0.4) is 0 Å². The zero-order valence-electron chi connectivity index (χ0n) is 11.1. The fourth-order valence-corrected chi connectivity index (χ4v) is 3.89. The number of rotatable bonds is 3. The van der Waals surface area contributed by atoms with Crippen LogP contribution in [0.1, 0.15) is 12.0 Å². The minimum atomic E-state index is -2.82. The zero-order chi connectivity index (χ0) is 13.3. The Bertz CT molecular complexity index is 538. The molecular weight excluding hydrogens is 248 g/mol. The number of nitrogens with zero attached hydrogens (tertiary/aromatic N) is 1. The lowest BCUT2D eigenvalue weighted by Crippen LogP contribution is -2.21. The van der Waals surface area contributed by atoms with Gasteiger partial charge >= 0.3 is 0 Å². The van der Waals surface area contributed by atoms with E-state index in [1.54, 1.807) is 0 Å². The van der Waals surface area contributed by atoms with Gasteiger partial charge in [-0.2, -0.15) is 0 Å². The molecule has 1 aliphatic rings. The van der Waals surface area contributed by atoms with E-state index in [2.05, 4.69) is 16.3 Å². The van der Waals surface area contributed by atoms with Gasteiger partial charge in [0.15, 0.2) is 9.84 Å². The number of anilines is 2. The van der Waals surface area contributed by atoms with Crippen molar-refractivity contribution in [3.05, 3.63) is 23.8 Å². The van der Waals surface area contributed by atoms with Crippen LogP contribution in [0.5, 0.6) is 0 Å². The number of sulfone groups is 1. The lowest BCUT2D eigenvalue weighted by atomic mass is 10.1. The molecule has 1 atom stereocenters. The van der Waals surface area contributed by atoms with Crippen LogP contribution >= 0.6 is 0 Å². The smallest absolute Gasteiger partial charge is 0.152 e. The molecule has 4 nitrogen and oxygen atoms in total. The highest BCUT2D eigenvalue weighted by Gasteiger charge is 2.27. The zero-order valence-corrected chi connectivity index (χ0v) is 11.9. The van der Waals surface area contributed by atoms with Crippen LogP contribution in [-0.4, -0.2) is 40.1 Å². The summed E-state index contributed by atoms with van der Waals surface area (Å²) in [4.78, 5) is 2.05. The highest BCUT2D eigenvalue weighted by atomic mass is 32.2. The first-order valence-electron chi connectivity index (χ1n) is 6.12. The molecule has 0 radical (unpaired) electrons. The van der Waals surface area contributed by atoms with Crippen LogP contribution in [0.2, 0.25) is 0 Å². The summed E-state index contributed by atoms with van der Waals surface area (Å²) in [6, 6.07) is 6.22. The number of hydrogen-bond acceptors (Lipinski definition) is 4. The van der Waals surface area contributed by atoms with E-state index in [1.807, 2.05) is 33.2 Å². The molecule has 100 valence electrons. The first kappa shape index (κ1) is 13.2. The Morgan fingerprint density at radius 2 is 2.06 bits per heavy atom. The molecule has 0 amide bonds. The normalized spacial score (nSPS) is 21.8. The quantitative estimate of drug-likeness (QED) is 0.906. The molecule has 5 heteroatoms. The van der Waals surface area contributed by atoms with Gasteiger partial charge in [-0.25, -0.2) is 8.42 Å². The minimum absolute atomic E-state index is 0.0545. The van der Waals surface area contributed by atoms with Gasteiger partial charge in [-0.15, -0.1) is 0 Å². The van der Waals surface area contributed by atoms with Crippen LogP contribution in [0.25, 0.3) is 0 Å². The number of hydrogen-bond donors (Lipinski definition) is 1. The first-order valence-corrected chi connectivity index (χ1v) is 7.94. The summed E-state index contributed by atoms with van der Waals surface area (Å²) in [6.07, 6.45) is 0.706. The molecule has 1 aliphatic heterocycles. The lowest BCUT2D eigenvalue weighted by molar-refractivity contribution is 0.602. The Balaban J connectivity index is 2.11. The molecule has 0 aliphatic carbocycles. The summed E-state index contributed by atoms with van der Waals surface area (Å²) in [6.45, 7) is 2.04. The fourth-order valence-electron chi connectivity index (χ4n) is 2.22. The van der Waals surface area contributed by atoms with Crippen molar-refractivity contribution >= 4 is 21.2 Å². The molecule has 0 bridgehead atoms. The van der Waals surface area contributed by atoms with Crippen LogP contribution in [0, 0.1) is 6.92 Å². The van der Waals surface area contributed by atoms with Crippen molar-refractivity contribution in [1.29, 1.82) is 0 Å². The topological polar surface area (TPSA) is 49.4 Å². The van der Waals surface area contributed by atoms with Gasteiger partial charge in [0.2, 0.25) is 0 Å². The van der Waals surface area contributed by atoms with Crippen LogP contribution in [-0.2, 0) is 9.84 Å². The highest BCUT2D eigenvalue weighted by Crippen LogP contribution is 2.24. The lowest BCUT2D eigenvalue weighted by Gasteiger charge is -2.18. The summed E-state index contributed by atoms with van der Waals surface area (Å²) in [5.41, 5.74) is 3.32. The highest BCUT2D eigenvalue weighted by molar-refractivity contribution is 7.91. The Morgan fingerprint density at radius 3 is 2.56 bits per heavy atom. The molecule has 18 heavy (non-hydrogen) atoms. The van der Waals surface area contributed by atoms with Gasteiger partial charge in [0.25, 0.3) is 0 Å². The molecule has 1 fully saturated rings. The number of benzene rings is 1. The van der Waals surface area contributed by atoms with E-state index in [0.29, 0.717) is 12.2 Å². The summed E-state index contributed by atoms with van der Waals surface area (Å²) < 4.78 is 22.8. The Kier molecular flexibility index (Phi) is 3.52. The van der Waals surface area contributed by atoms with E-state index < -0.39 is 9.84 Å². The standard InChI is InChI=1S/C13H20N2O2S/c1-10-8-12(15(2)3)4-5-13(10)14-11-6-7-18(16,17)9-11/h4-5,8,11,14H,6-7,9H2,1-3H3. The van der Waals surface area contributed by atoms with E-state index in [9.17, 15) is 8.42 Å². The third-order valence-electron chi connectivity index (χ3n) is 3.32. The maximum Gasteiger partial charge on any atom is 0.152 e. The average molecular weight is 268 g/mol. The van der Waals surface area contributed by atoms with Gasteiger partial charge in [-0.1, -0.05) is 0 Å². The van der Waals surface area contributed by atoms with Crippen molar-refractivity contribution in [2.24, 2.45) is 0 Å². The van der Waals surface area contributed by atoms with Gasteiger partial charge in [-0.3, -0.25) is 0 Å². The Morgan fingerprint density at radius 1 is 1.33 bits per heavy atom. The predicted molar refractivity (Wildman–Crippen MR) is 76.2 cm³/mol. The van der Waals surface area contributed by atoms with Gasteiger partial charge < -0.3 is 10.2 Å². The van der Waals surface area contributed by atoms with Crippen molar-refractivity contribution in [2.45, 2.75) is 19.4 Å². The van der Waals surface area contributed by atoms with Crippen molar-refractivity contribution in [3.8, 4) is 0 Å². The third kappa shape index (κ3) is 2.96. The molecule has 0 saturated carbocycles. The molecular formula is C13H20N2O2S. The fraction of sp³-hybridized carbons (Fsp3) is 0.538. The molecule has 0 aromatic heterocycles. The molecule has 1 aromatic carbocycles. The second-order valence-electron chi connectivity index (χ2n) is 5.14. The average Bonchev–Trinajstić information content (AvgIpc) is 2.61. The molecule has 1 aromatic rings. The maximum absolute atomic E-state index is 11.4. The van der Waals surface area contributed by atoms with Crippen LogP contribution in [0.15, 0.2) is 18.2 Å². The summed E-state index contributed by atoms with van der Waals surface area (Å²) in [5, 5.41) is 3.33. The van der Waals surface area contributed by atoms with E-state index in [1.165, 1.54) is 0 Å². The molecule has 0 spiro atoms. The first-order chi connectivity index (χ1) is 8.37. The van der Waals surface area contributed by atoms with E-state index in [4.69, 9.17) is 0 Å².